The van der Waals surface area contributed by atoms with Gasteiger partial charge < -0.3 is 0 Å². The first-order valence-corrected chi connectivity index (χ1v) is 6.74. The number of aliphatic imine (C=N–C) groups is 1. The van der Waals surface area contributed by atoms with Crippen molar-refractivity contribution in [2.75, 3.05) is 0 Å². The number of nitrogens with zero attached hydrogens (tertiary/aromatic N) is 1. The third-order valence-electron chi connectivity index (χ3n) is 2.66. The van der Waals surface area contributed by atoms with Gasteiger partial charge in [0, 0.05) is 11.4 Å². The molecule has 0 aromatic heterocycles. The van der Waals surface area contributed by atoms with E-state index in [4.69, 9.17) is 0 Å². The van der Waals surface area contributed by atoms with E-state index in [2.05, 4.69) is 31.7 Å². The Morgan fingerprint density at radius 3 is 2.05 bits per heavy atom. The van der Waals surface area contributed by atoms with E-state index in [-0.39, 0.29) is 0 Å². The summed E-state index contributed by atoms with van der Waals surface area (Å²) in [7, 11) is 0. The molecule has 0 saturated carbocycles. The predicted octanol–water partition coefficient (Wildman–Crippen LogP) is 5.79. The van der Waals surface area contributed by atoms with E-state index in [1.165, 1.54) is 5.57 Å². The third kappa shape index (κ3) is 6.19. The molecule has 0 atom stereocenters. The summed E-state index contributed by atoms with van der Waals surface area (Å²) >= 11 is 0. The fourth-order valence-corrected chi connectivity index (χ4v) is 1.91. The summed E-state index contributed by atoms with van der Waals surface area (Å²) in [5, 5.41) is 0. The van der Waals surface area contributed by atoms with Crippen molar-refractivity contribution in [1.82, 2.24) is 0 Å². The molecular formula is C18H27N. The van der Waals surface area contributed by atoms with Crippen molar-refractivity contribution in [2.45, 2.75) is 47.5 Å². The Hall–Kier alpha value is -1.63. The van der Waals surface area contributed by atoms with Crippen molar-refractivity contribution < 1.29 is 0 Å². The van der Waals surface area contributed by atoms with Crippen LogP contribution in [0.2, 0.25) is 0 Å². The Balaban J connectivity index is 5.66. The molecule has 0 heterocycles. The van der Waals surface area contributed by atoms with Crippen molar-refractivity contribution in [3.8, 4) is 0 Å². The second-order valence-electron chi connectivity index (χ2n) is 5.00. The fraction of sp³-hybridized carbons (Fsp3) is 0.389. The van der Waals surface area contributed by atoms with Gasteiger partial charge in [-0.25, -0.2) is 0 Å². The van der Waals surface area contributed by atoms with Crippen LogP contribution < -0.4 is 0 Å². The molecule has 0 aliphatic carbocycles. The quantitative estimate of drug-likeness (QED) is 0.404. The Morgan fingerprint density at radius 2 is 1.68 bits per heavy atom. The van der Waals surface area contributed by atoms with Gasteiger partial charge in [-0.05, 0) is 50.8 Å². The van der Waals surface area contributed by atoms with Crippen molar-refractivity contribution >= 4 is 5.71 Å². The second-order valence-corrected chi connectivity index (χ2v) is 5.00. The smallest absolute Gasteiger partial charge is 0.0409 e. The lowest BCUT2D eigenvalue weighted by Crippen LogP contribution is -1.96. The molecule has 0 aromatic rings. The maximum Gasteiger partial charge on any atom is 0.0409 e. The van der Waals surface area contributed by atoms with Crippen LogP contribution in [0.4, 0.5) is 0 Å². The molecule has 0 spiro atoms. The number of hydrogen-bond acceptors (Lipinski definition) is 1. The van der Waals surface area contributed by atoms with Crippen molar-refractivity contribution in [3.63, 3.8) is 0 Å². The van der Waals surface area contributed by atoms with E-state index >= 15 is 0 Å². The van der Waals surface area contributed by atoms with Crippen LogP contribution in [-0.4, -0.2) is 5.71 Å². The van der Waals surface area contributed by atoms with Gasteiger partial charge in [0.2, 0.25) is 0 Å². The number of rotatable bonds is 7. The van der Waals surface area contributed by atoms with Gasteiger partial charge in [0.05, 0.1) is 0 Å². The van der Waals surface area contributed by atoms with Gasteiger partial charge in [-0.15, -0.1) is 0 Å². The zero-order chi connectivity index (χ0) is 15.0. The molecule has 104 valence electrons. The molecule has 0 rings (SSSR count). The van der Waals surface area contributed by atoms with E-state index in [1.807, 2.05) is 39.8 Å². The van der Waals surface area contributed by atoms with E-state index in [0.717, 1.165) is 41.0 Å². The Bertz CT molecular complexity index is 452. The van der Waals surface area contributed by atoms with Gasteiger partial charge in [-0.2, -0.15) is 0 Å². The van der Waals surface area contributed by atoms with Crippen LogP contribution in [0.25, 0.3) is 0 Å². The minimum atomic E-state index is 0.975. The van der Waals surface area contributed by atoms with E-state index in [9.17, 15) is 0 Å². The summed E-state index contributed by atoms with van der Waals surface area (Å²) in [6, 6.07) is 0. The SMILES string of the molecule is C=C/C(=C\C(=C)C)C(=C)/C(CCC)=C(/C)N=C(C)C. The van der Waals surface area contributed by atoms with Crippen molar-refractivity contribution in [2.24, 2.45) is 4.99 Å². The second kappa shape index (κ2) is 8.47. The lowest BCUT2D eigenvalue weighted by atomic mass is 9.93. The largest absolute Gasteiger partial charge is 0.263 e. The van der Waals surface area contributed by atoms with E-state index < -0.39 is 0 Å². The molecular weight excluding hydrogens is 230 g/mol. The highest BCUT2D eigenvalue weighted by Gasteiger charge is 2.09. The molecule has 0 fully saturated rings. The van der Waals surface area contributed by atoms with Gasteiger partial charge in [0.25, 0.3) is 0 Å². The summed E-state index contributed by atoms with van der Waals surface area (Å²) in [5.74, 6) is 0. The first kappa shape index (κ1) is 17.4. The molecule has 0 bridgehead atoms. The maximum atomic E-state index is 4.56. The van der Waals surface area contributed by atoms with Gasteiger partial charge in [0.15, 0.2) is 0 Å². The molecule has 0 radical (unpaired) electrons. The molecule has 0 N–H and O–H groups in total. The molecule has 19 heavy (non-hydrogen) atoms. The standard InChI is InChI=1S/C18H27N/c1-9-11-18(16(8)19-14(5)6)15(7)17(10-2)12-13(3)4/h10,12H,2-3,7,9,11H2,1,4-6,8H3/b17-12+,18-16-. The predicted molar refractivity (Wildman–Crippen MR) is 88.6 cm³/mol. The van der Waals surface area contributed by atoms with E-state index in [0.29, 0.717) is 0 Å². The summed E-state index contributed by atoms with van der Waals surface area (Å²) in [6.45, 7) is 22.2. The first-order chi connectivity index (χ1) is 8.83. The minimum Gasteiger partial charge on any atom is -0.263 e. The van der Waals surface area contributed by atoms with Gasteiger partial charge in [-0.1, -0.05) is 50.8 Å². The fourth-order valence-electron chi connectivity index (χ4n) is 1.91. The number of hydrogen-bond donors (Lipinski definition) is 0. The molecule has 0 amide bonds. The Morgan fingerprint density at radius 1 is 1.11 bits per heavy atom. The highest BCUT2D eigenvalue weighted by Crippen LogP contribution is 2.27. The monoisotopic (exact) mass is 257 g/mol. The first-order valence-electron chi connectivity index (χ1n) is 6.74. The Labute approximate surface area is 118 Å². The Kier molecular flexibility index (Phi) is 7.74. The van der Waals surface area contributed by atoms with Crippen molar-refractivity contribution in [1.29, 1.82) is 0 Å². The van der Waals surface area contributed by atoms with Crippen LogP contribution in [0.3, 0.4) is 0 Å². The van der Waals surface area contributed by atoms with Crippen LogP contribution >= 0.6 is 0 Å². The molecule has 1 nitrogen and oxygen atoms in total. The molecule has 0 aliphatic rings. The van der Waals surface area contributed by atoms with Crippen LogP contribution in [0.15, 0.2) is 64.9 Å². The van der Waals surface area contributed by atoms with E-state index in [1.54, 1.807) is 0 Å². The van der Waals surface area contributed by atoms with Crippen LogP contribution in [-0.2, 0) is 0 Å². The maximum absolute atomic E-state index is 4.56. The van der Waals surface area contributed by atoms with Crippen molar-refractivity contribution in [3.05, 3.63) is 59.9 Å². The molecule has 1 heteroatoms. The summed E-state index contributed by atoms with van der Waals surface area (Å²) in [4.78, 5) is 4.56. The van der Waals surface area contributed by atoms with Gasteiger partial charge >= 0.3 is 0 Å². The topological polar surface area (TPSA) is 12.4 Å². The minimum absolute atomic E-state index is 0.975. The highest BCUT2D eigenvalue weighted by molar-refractivity contribution is 5.80. The zero-order valence-electron chi connectivity index (χ0n) is 13.1. The number of allylic oxidation sites excluding steroid dienone is 7. The third-order valence-corrected chi connectivity index (χ3v) is 2.66. The normalized spacial score (nSPS) is 12.6. The lowest BCUT2D eigenvalue weighted by Gasteiger charge is -2.14. The summed E-state index contributed by atoms with van der Waals surface area (Å²) in [6.07, 6.45) is 5.90. The summed E-state index contributed by atoms with van der Waals surface area (Å²) < 4.78 is 0. The zero-order valence-corrected chi connectivity index (χ0v) is 13.1. The highest BCUT2D eigenvalue weighted by atomic mass is 14.7. The molecule has 0 aromatic carbocycles. The molecule has 0 unspecified atom stereocenters. The van der Waals surface area contributed by atoms with Crippen LogP contribution in [0.1, 0.15) is 47.5 Å². The summed E-state index contributed by atoms with van der Waals surface area (Å²) in [5.41, 5.74) is 6.33. The van der Waals surface area contributed by atoms with Gasteiger partial charge in [-0.3, -0.25) is 4.99 Å². The van der Waals surface area contributed by atoms with Gasteiger partial charge in [0.1, 0.15) is 0 Å². The van der Waals surface area contributed by atoms with Crippen LogP contribution in [0.5, 0.6) is 0 Å². The average Bonchev–Trinajstić information content (AvgIpc) is 2.30. The lowest BCUT2D eigenvalue weighted by molar-refractivity contribution is 0.898. The molecule has 0 aliphatic heterocycles. The molecule has 0 saturated heterocycles. The average molecular weight is 257 g/mol. The van der Waals surface area contributed by atoms with Crippen LogP contribution in [0, 0.1) is 0 Å².